The monoisotopic (exact) mass is 259 g/mol. The predicted molar refractivity (Wildman–Crippen MR) is 75.9 cm³/mol. The largest absolute Gasteiger partial charge is 0.385 e. The van der Waals surface area contributed by atoms with Crippen molar-refractivity contribution in [3.63, 3.8) is 0 Å². The summed E-state index contributed by atoms with van der Waals surface area (Å²) in [6.07, 6.45) is 3.14. The maximum atomic E-state index is 13.4. The van der Waals surface area contributed by atoms with Gasteiger partial charge in [-0.3, -0.25) is 0 Å². The van der Waals surface area contributed by atoms with Gasteiger partial charge in [0.2, 0.25) is 0 Å². The lowest BCUT2D eigenvalue weighted by Gasteiger charge is -2.03. The average Bonchev–Trinajstić information content (AvgIpc) is 2.40. The lowest BCUT2D eigenvalue weighted by Crippen LogP contribution is -1.95. The first-order valence-electron chi connectivity index (χ1n) is 6.16. The number of benzene rings is 2. The molecule has 2 aromatic rings. The fourth-order valence-corrected chi connectivity index (χ4v) is 1.77. The molecule has 98 valence electrons. The Balaban J connectivity index is 2.18. The molecule has 0 aromatic heterocycles. The number of hydrogen-bond acceptors (Lipinski definition) is 1. The zero-order valence-corrected chi connectivity index (χ0v) is 10.7. The summed E-state index contributed by atoms with van der Waals surface area (Å²) in [7, 11) is 0. The van der Waals surface area contributed by atoms with E-state index in [4.69, 9.17) is 0 Å². The lowest BCUT2D eigenvalue weighted by molar-refractivity contribution is 0.579. The lowest BCUT2D eigenvalue weighted by atomic mass is 10.1. The van der Waals surface area contributed by atoms with E-state index < -0.39 is 11.6 Å². The average molecular weight is 259 g/mol. The van der Waals surface area contributed by atoms with Gasteiger partial charge in [0.05, 0.1) is 0 Å². The molecule has 0 bridgehead atoms. The normalized spacial score (nSPS) is 10.9. The van der Waals surface area contributed by atoms with Crippen LogP contribution in [0.3, 0.4) is 0 Å². The molecular formula is C16H15F2N. The van der Waals surface area contributed by atoms with Gasteiger partial charge >= 0.3 is 0 Å². The van der Waals surface area contributed by atoms with Gasteiger partial charge in [-0.2, -0.15) is 0 Å². The molecule has 19 heavy (non-hydrogen) atoms. The summed E-state index contributed by atoms with van der Waals surface area (Å²) in [5.41, 5.74) is 1.90. The molecule has 0 radical (unpaired) electrons. The third-order valence-corrected chi connectivity index (χ3v) is 2.73. The summed E-state index contributed by atoms with van der Waals surface area (Å²) < 4.78 is 26.8. The minimum atomic E-state index is -0.555. The summed E-state index contributed by atoms with van der Waals surface area (Å²) in [4.78, 5) is 0. The summed E-state index contributed by atoms with van der Waals surface area (Å²) in [5.74, 6) is -1.11. The smallest absolute Gasteiger partial charge is 0.133 e. The van der Waals surface area contributed by atoms with Crippen molar-refractivity contribution in [3.8, 4) is 0 Å². The standard InChI is InChI=1S/C16H15F2N/c1-2-19-13-9-6-12(7-10-13)8-11-14-15(17)4-3-5-16(14)18/h3-11,19H,2H2,1H3/b11-8+. The SMILES string of the molecule is CCNc1ccc(/C=C/c2c(F)cccc2F)cc1. The summed E-state index contributed by atoms with van der Waals surface area (Å²) in [5, 5.41) is 3.18. The van der Waals surface area contributed by atoms with Crippen molar-refractivity contribution in [3.05, 3.63) is 65.2 Å². The van der Waals surface area contributed by atoms with Gasteiger partial charge < -0.3 is 5.32 Å². The van der Waals surface area contributed by atoms with E-state index in [0.29, 0.717) is 0 Å². The Hall–Kier alpha value is -2.16. The zero-order valence-electron chi connectivity index (χ0n) is 10.7. The van der Waals surface area contributed by atoms with E-state index in [2.05, 4.69) is 5.32 Å². The quantitative estimate of drug-likeness (QED) is 0.793. The van der Waals surface area contributed by atoms with Crippen LogP contribution < -0.4 is 5.32 Å². The second-order valence-corrected chi connectivity index (χ2v) is 4.12. The van der Waals surface area contributed by atoms with Crippen molar-refractivity contribution in [1.29, 1.82) is 0 Å². The molecule has 2 aromatic carbocycles. The Morgan fingerprint density at radius 3 is 2.16 bits per heavy atom. The third-order valence-electron chi connectivity index (χ3n) is 2.73. The molecule has 2 rings (SSSR count). The molecule has 0 amide bonds. The first-order valence-corrected chi connectivity index (χ1v) is 6.16. The summed E-state index contributed by atoms with van der Waals surface area (Å²) in [6, 6.07) is 11.5. The van der Waals surface area contributed by atoms with Crippen LogP contribution in [0.25, 0.3) is 12.2 Å². The van der Waals surface area contributed by atoms with Crippen LogP contribution in [0.15, 0.2) is 42.5 Å². The highest BCUT2D eigenvalue weighted by molar-refractivity contribution is 5.70. The maximum Gasteiger partial charge on any atom is 0.133 e. The van der Waals surface area contributed by atoms with Crippen LogP contribution in [0.5, 0.6) is 0 Å². The van der Waals surface area contributed by atoms with Crippen LogP contribution in [0.2, 0.25) is 0 Å². The van der Waals surface area contributed by atoms with E-state index in [1.54, 1.807) is 6.08 Å². The highest BCUT2D eigenvalue weighted by atomic mass is 19.1. The van der Waals surface area contributed by atoms with Gasteiger partial charge in [0, 0.05) is 17.8 Å². The summed E-state index contributed by atoms with van der Waals surface area (Å²) >= 11 is 0. The fourth-order valence-electron chi connectivity index (χ4n) is 1.77. The molecule has 0 aliphatic heterocycles. The minimum Gasteiger partial charge on any atom is -0.385 e. The topological polar surface area (TPSA) is 12.0 Å². The van der Waals surface area contributed by atoms with Crippen LogP contribution >= 0.6 is 0 Å². The van der Waals surface area contributed by atoms with E-state index in [9.17, 15) is 8.78 Å². The maximum absolute atomic E-state index is 13.4. The van der Waals surface area contributed by atoms with Crippen molar-refractivity contribution in [2.24, 2.45) is 0 Å². The highest BCUT2D eigenvalue weighted by Crippen LogP contribution is 2.17. The van der Waals surface area contributed by atoms with Gasteiger partial charge in [-0.05, 0) is 42.8 Å². The molecule has 3 heteroatoms. The molecule has 0 saturated heterocycles. The van der Waals surface area contributed by atoms with Gasteiger partial charge in [-0.15, -0.1) is 0 Å². The van der Waals surface area contributed by atoms with E-state index in [0.717, 1.165) is 17.8 Å². The van der Waals surface area contributed by atoms with Crippen LogP contribution in [0.4, 0.5) is 14.5 Å². The predicted octanol–water partition coefficient (Wildman–Crippen LogP) is 4.57. The minimum absolute atomic E-state index is 0.0155. The van der Waals surface area contributed by atoms with Gasteiger partial charge in [-0.1, -0.05) is 24.3 Å². The molecule has 0 saturated carbocycles. The highest BCUT2D eigenvalue weighted by Gasteiger charge is 2.03. The zero-order chi connectivity index (χ0) is 13.7. The van der Waals surface area contributed by atoms with Crippen molar-refractivity contribution in [1.82, 2.24) is 0 Å². The molecule has 1 nitrogen and oxygen atoms in total. The number of hydrogen-bond donors (Lipinski definition) is 1. The molecule has 0 spiro atoms. The first kappa shape index (κ1) is 13.3. The molecule has 0 unspecified atom stereocenters. The number of halogens is 2. The second kappa shape index (κ2) is 6.14. The van der Waals surface area contributed by atoms with Gasteiger partial charge in [-0.25, -0.2) is 8.78 Å². The van der Waals surface area contributed by atoms with Crippen molar-refractivity contribution >= 4 is 17.8 Å². The third kappa shape index (κ3) is 3.41. The molecular weight excluding hydrogens is 244 g/mol. The van der Waals surface area contributed by atoms with Gasteiger partial charge in [0.15, 0.2) is 0 Å². The first-order chi connectivity index (χ1) is 9.20. The van der Waals surface area contributed by atoms with E-state index in [1.165, 1.54) is 24.3 Å². The van der Waals surface area contributed by atoms with Crippen LogP contribution in [0.1, 0.15) is 18.1 Å². The molecule has 0 aliphatic rings. The van der Waals surface area contributed by atoms with Crippen molar-refractivity contribution in [2.75, 3.05) is 11.9 Å². The Morgan fingerprint density at radius 2 is 1.58 bits per heavy atom. The van der Waals surface area contributed by atoms with Crippen LogP contribution in [-0.4, -0.2) is 6.54 Å². The number of nitrogens with one attached hydrogen (secondary N) is 1. The van der Waals surface area contributed by atoms with E-state index >= 15 is 0 Å². The second-order valence-electron chi connectivity index (χ2n) is 4.12. The number of rotatable bonds is 4. The fraction of sp³-hybridized carbons (Fsp3) is 0.125. The van der Waals surface area contributed by atoms with Crippen molar-refractivity contribution < 1.29 is 8.78 Å². The van der Waals surface area contributed by atoms with E-state index in [1.807, 2.05) is 31.2 Å². The Kier molecular flexibility index (Phi) is 4.29. The molecule has 0 heterocycles. The Morgan fingerprint density at radius 1 is 0.947 bits per heavy atom. The Bertz CT molecular complexity index is 554. The van der Waals surface area contributed by atoms with Gasteiger partial charge in [0.25, 0.3) is 0 Å². The van der Waals surface area contributed by atoms with E-state index in [-0.39, 0.29) is 5.56 Å². The van der Waals surface area contributed by atoms with Crippen molar-refractivity contribution in [2.45, 2.75) is 6.92 Å². The summed E-state index contributed by atoms with van der Waals surface area (Å²) in [6.45, 7) is 2.88. The van der Waals surface area contributed by atoms with Gasteiger partial charge in [0.1, 0.15) is 11.6 Å². The molecule has 0 aliphatic carbocycles. The number of anilines is 1. The molecule has 1 N–H and O–H groups in total. The molecule has 0 atom stereocenters. The van der Waals surface area contributed by atoms with Crippen LogP contribution in [-0.2, 0) is 0 Å². The molecule has 0 fully saturated rings. The Labute approximate surface area is 111 Å². The van der Waals surface area contributed by atoms with Crippen LogP contribution in [0, 0.1) is 11.6 Å².